The minimum Gasteiger partial charge on any atom is -0.339 e. The van der Waals surface area contributed by atoms with Crippen LogP contribution in [0.3, 0.4) is 0 Å². The van der Waals surface area contributed by atoms with Crippen LogP contribution in [-0.4, -0.2) is 49.6 Å². The fourth-order valence-corrected chi connectivity index (χ4v) is 3.06. The van der Waals surface area contributed by atoms with Crippen LogP contribution in [0.25, 0.3) is 0 Å². The van der Waals surface area contributed by atoms with Gasteiger partial charge < -0.3 is 16.0 Å². The number of hydrogen-bond acceptors (Lipinski definition) is 3. The fraction of sp³-hybridized carbons (Fsp3) is 0.500. The van der Waals surface area contributed by atoms with Crippen LogP contribution in [0.15, 0.2) is 24.3 Å². The number of nitrogens with zero attached hydrogens (tertiary/aromatic N) is 2. The molecule has 23 heavy (non-hydrogen) atoms. The summed E-state index contributed by atoms with van der Waals surface area (Å²) < 4.78 is 0. The molecule has 2 fully saturated rings. The molecule has 1 aromatic rings. The monoisotopic (exact) mass is 338 g/mol. The molecule has 7 heteroatoms. The van der Waals surface area contributed by atoms with E-state index in [9.17, 15) is 9.59 Å². The SMILES string of the molecule is Cl.NCC1CCN(C(=O)c2ccc(N3CCNC3=O)cc2)CC1. The normalized spacial score (nSPS) is 18.6. The molecule has 0 spiro atoms. The molecule has 1 aromatic carbocycles. The molecular formula is C16H23ClN4O2. The van der Waals surface area contributed by atoms with Crippen LogP contribution in [0.1, 0.15) is 23.2 Å². The van der Waals surface area contributed by atoms with Crippen LogP contribution in [0.2, 0.25) is 0 Å². The predicted octanol–water partition coefficient (Wildman–Crippen LogP) is 1.45. The lowest BCUT2D eigenvalue weighted by Gasteiger charge is -2.31. The third-order valence-corrected chi connectivity index (χ3v) is 4.52. The van der Waals surface area contributed by atoms with Crippen LogP contribution in [0.5, 0.6) is 0 Å². The second kappa shape index (κ2) is 7.66. The maximum absolute atomic E-state index is 12.5. The van der Waals surface area contributed by atoms with Gasteiger partial charge in [0.25, 0.3) is 5.91 Å². The maximum Gasteiger partial charge on any atom is 0.321 e. The lowest BCUT2D eigenvalue weighted by molar-refractivity contribution is 0.0693. The standard InChI is InChI=1S/C16H22N4O2.ClH/c17-11-12-5-8-19(9-6-12)15(21)13-1-3-14(4-2-13)20-10-7-18-16(20)22;/h1-4,12H,5-11,17H2,(H,18,22);1H. The average molecular weight is 339 g/mol. The van der Waals surface area contributed by atoms with Gasteiger partial charge in [0.1, 0.15) is 0 Å². The summed E-state index contributed by atoms with van der Waals surface area (Å²) >= 11 is 0. The Labute approximate surface area is 142 Å². The van der Waals surface area contributed by atoms with Crippen molar-refractivity contribution in [1.82, 2.24) is 10.2 Å². The van der Waals surface area contributed by atoms with Crippen molar-refractivity contribution in [3.63, 3.8) is 0 Å². The van der Waals surface area contributed by atoms with Crippen molar-refractivity contribution in [1.29, 1.82) is 0 Å². The zero-order valence-electron chi connectivity index (χ0n) is 13.0. The molecule has 3 amide bonds. The van der Waals surface area contributed by atoms with E-state index in [1.165, 1.54) is 0 Å². The van der Waals surface area contributed by atoms with E-state index in [0.29, 0.717) is 31.1 Å². The van der Waals surface area contributed by atoms with Gasteiger partial charge >= 0.3 is 6.03 Å². The number of urea groups is 1. The predicted molar refractivity (Wildman–Crippen MR) is 92.1 cm³/mol. The topological polar surface area (TPSA) is 78.7 Å². The molecule has 0 unspecified atom stereocenters. The molecule has 2 saturated heterocycles. The highest BCUT2D eigenvalue weighted by atomic mass is 35.5. The molecule has 0 bridgehead atoms. The summed E-state index contributed by atoms with van der Waals surface area (Å²) in [5.41, 5.74) is 7.19. The Bertz CT molecular complexity index is 556. The molecule has 2 aliphatic rings. The number of rotatable bonds is 3. The van der Waals surface area contributed by atoms with Crippen LogP contribution < -0.4 is 16.0 Å². The van der Waals surface area contributed by atoms with Crippen molar-refractivity contribution >= 4 is 30.0 Å². The van der Waals surface area contributed by atoms with E-state index in [2.05, 4.69) is 5.32 Å². The highest BCUT2D eigenvalue weighted by Crippen LogP contribution is 2.21. The molecule has 0 radical (unpaired) electrons. The van der Waals surface area contributed by atoms with Gasteiger partial charge in [-0.1, -0.05) is 0 Å². The van der Waals surface area contributed by atoms with Gasteiger partial charge in [0.2, 0.25) is 0 Å². The molecule has 3 rings (SSSR count). The van der Waals surface area contributed by atoms with Gasteiger partial charge in [-0.25, -0.2) is 4.79 Å². The summed E-state index contributed by atoms with van der Waals surface area (Å²) in [7, 11) is 0. The quantitative estimate of drug-likeness (QED) is 0.875. The van der Waals surface area contributed by atoms with Gasteiger partial charge in [0.15, 0.2) is 0 Å². The summed E-state index contributed by atoms with van der Waals surface area (Å²) in [6.45, 7) is 3.58. The van der Waals surface area contributed by atoms with E-state index < -0.39 is 0 Å². The number of hydrogen-bond donors (Lipinski definition) is 2. The van der Waals surface area contributed by atoms with Crippen molar-refractivity contribution in [2.45, 2.75) is 12.8 Å². The van der Waals surface area contributed by atoms with E-state index in [4.69, 9.17) is 5.73 Å². The van der Waals surface area contributed by atoms with Crippen molar-refractivity contribution in [3.8, 4) is 0 Å². The number of carbonyl (C=O) groups excluding carboxylic acids is 2. The first-order valence-electron chi connectivity index (χ1n) is 7.84. The minimum absolute atomic E-state index is 0. The summed E-state index contributed by atoms with van der Waals surface area (Å²) in [5.74, 6) is 0.605. The van der Waals surface area contributed by atoms with Gasteiger partial charge in [-0.05, 0) is 49.6 Å². The van der Waals surface area contributed by atoms with Gasteiger partial charge in [0, 0.05) is 37.4 Å². The van der Waals surface area contributed by atoms with Crippen molar-refractivity contribution in [2.24, 2.45) is 11.7 Å². The Morgan fingerprint density at radius 1 is 1.17 bits per heavy atom. The molecule has 2 aliphatic heterocycles. The second-order valence-corrected chi connectivity index (χ2v) is 5.90. The molecule has 0 atom stereocenters. The number of amides is 3. The molecule has 0 aliphatic carbocycles. The second-order valence-electron chi connectivity index (χ2n) is 5.90. The van der Waals surface area contributed by atoms with Crippen LogP contribution in [-0.2, 0) is 0 Å². The summed E-state index contributed by atoms with van der Waals surface area (Å²) in [4.78, 5) is 27.7. The lowest BCUT2D eigenvalue weighted by Crippen LogP contribution is -2.40. The van der Waals surface area contributed by atoms with Crippen molar-refractivity contribution in [3.05, 3.63) is 29.8 Å². The summed E-state index contributed by atoms with van der Waals surface area (Å²) in [6.07, 6.45) is 1.96. The van der Waals surface area contributed by atoms with Gasteiger partial charge in [-0.2, -0.15) is 0 Å². The van der Waals surface area contributed by atoms with Crippen LogP contribution in [0.4, 0.5) is 10.5 Å². The molecule has 2 heterocycles. The number of nitrogens with one attached hydrogen (secondary N) is 1. The van der Waals surface area contributed by atoms with Crippen molar-refractivity contribution in [2.75, 3.05) is 37.6 Å². The number of halogens is 1. The first-order chi connectivity index (χ1) is 10.7. The van der Waals surface area contributed by atoms with Crippen LogP contribution in [0, 0.1) is 5.92 Å². The molecule has 0 aromatic heterocycles. The highest BCUT2D eigenvalue weighted by molar-refractivity contribution is 5.97. The largest absolute Gasteiger partial charge is 0.339 e. The first kappa shape index (κ1) is 17.6. The Hall–Kier alpha value is -1.79. The first-order valence-corrected chi connectivity index (χ1v) is 7.84. The number of piperidine rings is 1. The number of anilines is 1. The van der Waals surface area contributed by atoms with Crippen molar-refractivity contribution < 1.29 is 9.59 Å². The fourth-order valence-electron chi connectivity index (χ4n) is 3.06. The van der Waals surface area contributed by atoms with E-state index >= 15 is 0 Å². The molecular weight excluding hydrogens is 316 g/mol. The van der Waals surface area contributed by atoms with E-state index in [-0.39, 0.29) is 24.3 Å². The number of likely N-dealkylation sites (tertiary alicyclic amines) is 1. The van der Waals surface area contributed by atoms with Crippen LogP contribution >= 0.6 is 12.4 Å². The Balaban J connectivity index is 0.00000192. The molecule has 126 valence electrons. The number of benzene rings is 1. The van der Waals surface area contributed by atoms with E-state index in [1.807, 2.05) is 17.0 Å². The minimum atomic E-state index is -0.0806. The average Bonchev–Trinajstić information content (AvgIpc) is 3.00. The Morgan fingerprint density at radius 2 is 1.83 bits per heavy atom. The Morgan fingerprint density at radius 3 is 2.35 bits per heavy atom. The molecule has 0 saturated carbocycles. The third kappa shape index (κ3) is 3.76. The zero-order valence-corrected chi connectivity index (χ0v) is 13.8. The zero-order chi connectivity index (χ0) is 15.5. The third-order valence-electron chi connectivity index (χ3n) is 4.52. The molecule has 6 nitrogen and oxygen atoms in total. The lowest BCUT2D eigenvalue weighted by atomic mass is 9.96. The number of carbonyl (C=O) groups is 2. The Kier molecular flexibility index (Phi) is 5.85. The van der Waals surface area contributed by atoms with E-state index in [0.717, 1.165) is 31.6 Å². The molecule has 3 N–H and O–H groups in total. The maximum atomic E-state index is 12.5. The smallest absolute Gasteiger partial charge is 0.321 e. The number of nitrogens with two attached hydrogens (primary N) is 1. The summed E-state index contributed by atoms with van der Waals surface area (Å²) in [6, 6.07) is 7.20. The van der Waals surface area contributed by atoms with Gasteiger partial charge in [-0.15, -0.1) is 12.4 Å². The highest BCUT2D eigenvalue weighted by Gasteiger charge is 2.24. The van der Waals surface area contributed by atoms with Gasteiger partial charge in [-0.3, -0.25) is 9.69 Å². The van der Waals surface area contributed by atoms with Gasteiger partial charge in [0.05, 0.1) is 0 Å². The van der Waals surface area contributed by atoms with E-state index in [1.54, 1.807) is 17.0 Å². The summed E-state index contributed by atoms with van der Waals surface area (Å²) in [5, 5.41) is 2.77.